The van der Waals surface area contributed by atoms with Crippen LogP contribution in [0.3, 0.4) is 0 Å². The lowest BCUT2D eigenvalue weighted by molar-refractivity contribution is 0.345. The van der Waals surface area contributed by atoms with E-state index in [0.29, 0.717) is 6.42 Å². The van der Waals surface area contributed by atoms with Gasteiger partial charge >= 0.3 is 7.60 Å². The van der Waals surface area contributed by atoms with E-state index >= 15 is 0 Å². The molecule has 0 aliphatic rings. The second-order valence-corrected chi connectivity index (χ2v) is 5.29. The summed E-state index contributed by atoms with van der Waals surface area (Å²) in [6.45, 7) is 3.31. The van der Waals surface area contributed by atoms with Gasteiger partial charge in [-0.3, -0.25) is 4.57 Å². The molecule has 3 atom stereocenters. The zero-order valence-corrected chi connectivity index (χ0v) is 8.79. The van der Waals surface area contributed by atoms with Gasteiger partial charge in [-0.1, -0.05) is 6.92 Å². The van der Waals surface area contributed by atoms with Gasteiger partial charge in [0.2, 0.25) is 0 Å². The van der Waals surface area contributed by atoms with Crippen LogP contribution in [-0.2, 0) is 4.57 Å². The maximum atomic E-state index is 10.9. The molecule has 4 N–H and O–H groups in total. The molecule has 0 aromatic rings. The molecule has 0 saturated heterocycles. The van der Waals surface area contributed by atoms with Crippen LogP contribution in [0, 0.1) is 0 Å². The van der Waals surface area contributed by atoms with E-state index in [2.05, 4.69) is 0 Å². The Morgan fingerprint density at radius 3 is 2.08 bits per heavy atom. The Morgan fingerprint density at radius 2 is 2.00 bits per heavy atom. The number of alkyl halides is 1. The van der Waals surface area contributed by atoms with Crippen molar-refractivity contribution in [3.8, 4) is 0 Å². The van der Waals surface area contributed by atoms with Crippen molar-refractivity contribution in [1.82, 2.24) is 0 Å². The quantitative estimate of drug-likeness (QED) is 0.481. The minimum absolute atomic E-state index is 0.507. The van der Waals surface area contributed by atoms with Crippen LogP contribution in [-0.4, -0.2) is 26.9 Å². The monoisotopic (exact) mass is 215 g/mol. The Kier molecular flexibility index (Phi) is 4.74. The van der Waals surface area contributed by atoms with Gasteiger partial charge < -0.3 is 15.5 Å². The third kappa shape index (κ3) is 3.42. The third-order valence-corrected chi connectivity index (χ3v) is 3.82. The Hall–Kier alpha value is 0.400. The van der Waals surface area contributed by atoms with E-state index < -0.39 is 24.7 Å². The van der Waals surface area contributed by atoms with Crippen molar-refractivity contribution in [3.63, 3.8) is 0 Å². The summed E-state index contributed by atoms with van der Waals surface area (Å²) in [5.74, 6) is 0. The van der Waals surface area contributed by atoms with Crippen molar-refractivity contribution in [2.45, 2.75) is 37.3 Å². The molecular formula is C6H15ClNO3P. The maximum Gasteiger partial charge on any atom is 0.331 e. The van der Waals surface area contributed by atoms with Crippen molar-refractivity contribution < 1.29 is 14.4 Å². The molecule has 0 bridgehead atoms. The summed E-state index contributed by atoms with van der Waals surface area (Å²) in [4.78, 5) is 17.8. The second-order valence-electron chi connectivity index (χ2n) is 2.83. The summed E-state index contributed by atoms with van der Waals surface area (Å²) in [6.07, 6.45) is 0.507. The summed E-state index contributed by atoms with van der Waals surface area (Å²) in [5.41, 5.74) is 4.59. The van der Waals surface area contributed by atoms with Crippen molar-refractivity contribution in [1.29, 1.82) is 0 Å². The van der Waals surface area contributed by atoms with Crippen LogP contribution in [0.5, 0.6) is 0 Å². The molecule has 0 amide bonds. The van der Waals surface area contributed by atoms with E-state index in [1.807, 2.05) is 0 Å². The number of rotatable bonds is 4. The van der Waals surface area contributed by atoms with Gasteiger partial charge in [-0.25, -0.2) is 0 Å². The van der Waals surface area contributed by atoms with E-state index in [1.165, 1.54) is 0 Å². The van der Waals surface area contributed by atoms with Gasteiger partial charge in [-0.15, -0.1) is 11.6 Å². The zero-order valence-electron chi connectivity index (χ0n) is 7.14. The lowest BCUT2D eigenvalue weighted by Crippen LogP contribution is -2.39. The van der Waals surface area contributed by atoms with E-state index in [1.54, 1.807) is 13.8 Å². The molecule has 0 rings (SSSR count). The first-order chi connectivity index (χ1) is 5.30. The van der Waals surface area contributed by atoms with Gasteiger partial charge in [-0.2, -0.15) is 0 Å². The first-order valence-corrected chi connectivity index (χ1v) is 5.87. The van der Waals surface area contributed by atoms with E-state index in [0.717, 1.165) is 0 Å². The Labute approximate surface area is 77.3 Å². The lowest BCUT2D eigenvalue weighted by Gasteiger charge is -2.25. The summed E-state index contributed by atoms with van der Waals surface area (Å²) in [5, 5.41) is -0.610. The predicted molar refractivity (Wildman–Crippen MR) is 49.4 cm³/mol. The Bertz CT molecular complexity index is 182. The fourth-order valence-corrected chi connectivity index (χ4v) is 2.97. The zero-order chi connectivity index (χ0) is 9.94. The highest BCUT2D eigenvalue weighted by Crippen LogP contribution is 2.46. The van der Waals surface area contributed by atoms with Crippen molar-refractivity contribution in [2.24, 2.45) is 5.73 Å². The maximum absolute atomic E-state index is 10.9. The van der Waals surface area contributed by atoms with Gasteiger partial charge in [0.05, 0.1) is 5.66 Å². The van der Waals surface area contributed by atoms with Crippen LogP contribution in [0.2, 0.25) is 0 Å². The predicted octanol–water partition coefficient (Wildman–Crippen LogP) is 0.897. The fraction of sp³-hybridized carbons (Fsp3) is 1.00. The standard InChI is InChI=1S/C6H15ClNO3P/c1-3-5(8)6(4(2)7)12(9,10)11/h4-6H,3,8H2,1-2H3,(H2,9,10,11). The number of nitrogens with two attached hydrogens (primary N) is 1. The SMILES string of the molecule is CCC(N)C(C(C)Cl)P(=O)(O)O. The molecule has 0 aromatic heterocycles. The van der Waals surface area contributed by atoms with Crippen molar-refractivity contribution in [2.75, 3.05) is 0 Å². The normalized spacial score (nSPS) is 20.2. The second kappa shape index (κ2) is 4.58. The average Bonchev–Trinajstić information content (AvgIpc) is 1.83. The summed E-state index contributed by atoms with van der Waals surface area (Å²) in [7, 11) is -4.16. The minimum atomic E-state index is -4.16. The largest absolute Gasteiger partial charge is 0.331 e. The van der Waals surface area contributed by atoms with Gasteiger partial charge in [0.25, 0.3) is 0 Å². The summed E-state index contributed by atoms with van der Waals surface area (Å²) in [6, 6.07) is -0.543. The van der Waals surface area contributed by atoms with E-state index in [9.17, 15) is 4.57 Å². The first-order valence-electron chi connectivity index (χ1n) is 3.75. The molecule has 0 heterocycles. The number of hydrogen-bond donors (Lipinski definition) is 3. The highest BCUT2D eigenvalue weighted by Gasteiger charge is 2.37. The van der Waals surface area contributed by atoms with Crippen molar-refractivity contribution in [3.05, 3.63) is 0 Å². The van der Waals surface area contributed by atoms with Crippen LogP contribution in [0.15, 0.2) is 0 Å². The molecule has 6 heteroatoms. The third-order valence-electron chi connectivity index (χ3n) is 1.77. The van der Waals surface area contributed by atoms with E-state index in [4.69, 9.17) is 27.1 Å². The molecule has 74 valence electrons. The van der Waals surface area contributed by atoms with Gasteiger partial charge in [0.1, 0.15) is 0 Å². The van der Waals surface area contributed by atoms with Gasteiger partial charge in [0, 0.05) is 11.4 Å². The summed E-state index contributed by atoms with van der Waals surface area (Å²) < 4.78 is 10.9. The molecule has 4 nitrogen and oxygen atoms in total. The Morgan fingerprint density at radius 1 is 1.58 bits per heavy atom. The Balaban J connectivity index is 4.56. The highest BCUT2D eigenvalue weighted by molar-refractivity contribution is 7.52. The molecule has 0 radical (unpaired) electrons. The number of hydrogen-bond acceptors (Lipinski definition) is 2. The van der Waals surface area contributed by atoms with Gasteiger partial charge in [0.15, 0.2) is 0 Å². The van der Waals surface area contributed by atoms with E-state index in [-0.39, 0.29) is 0 Å². The summed E-state index contributed by atoms with van der Waals surface area (Å²) >= 11 is 5.63. The molecule has 0 saturated carbocycles. The molecule has 0 aliphatic carbocycles. The average molecular weight is 216 g/mol. The molecular weight excluding hydrogens is 200 g/mol. The van der Waals surface area contributed by atoms with Crippen molar-refractivity contribution >= 4 is 19.2 Å². The van der Waals surface area contributed by atoms with Crippen LogP contribution >= 0.6 is 19.2 Å². The minimum Gasteiger partial charge on any atom is -0.327 e. The molecule has 0 fully saturated rings. The van der Waals surface area contributed by atoms with Crippen LogP contribution < -0.4 is 5.73 Å². The molecule has 0 aliphatic heterocycles. The van der Waals surface area contributed by atoms with Crippen LogP contribution in [0.4, 0.5) is 0 Å². The molecule has 0 spiro atoms. The van der Waals surface area contributed by atoms with Crippen LogP contribution in [0.25, 0.3) is 0 Å². The highest BCUT2D eigenvalue weighted by atomic mass is 35.5. The lowest BCUT2D eigenvalue weighted by atomic mass is 10.1. The first kappa shape index (κ1) is 12.4. The smallest absolute Gasteiger partial charge is 0.327 e. The molecule has 0 aromatic carbocycles. The molecule has 3 unspecified atom stereocenters. The topological polar surface area (TPSA) is 83.6 Å². The van der Waals surface area contributed by atoms with Gasteiger partial charge in [-0.05, 0) is 13.3 Å². The fourth-order valence-electron chi connectivity index (χ4n) is 1.10. The van der Waals surface area contributed by atoms with Crippen LogP contribution in [0.1, 0.15) is 20.3 Å². The number of halogens is 1. The molecule has 12 heavy (non-hydrogen) atoms.